The predicted molar refractivity (Wildman–Crippen MR) is 13.0 cm³/mol. The van der Waals surface area contributed by atoms with E-state index in [2.05, 4.69) is 0 Å². The first-order valence-corrected chi connectivity index (χ1v) is 2.88. The van der Waals surface area contributed by atoms with E-state index in [1.54, 1.807) is 0 Å². The van der Waals surface area contributed by atoms with Crippen molar-refractivity contribution in [3.05, 3.63) is 0 Å². The molecular weight excluding hydrogens is 260 g/mol. The van der Waals surface area contributed by atoms with Crippen molar-refractivity contribution in [2.75, 3.05) is 0 Å². The molecule has 0 saturated carbocycles. The van der Waals surface area contributed by atoms with E-state index < -0.39 is 13.6 Å². The molecule has 0 radical (unpaired) electrons. The molecule has 0 saturated heterocycles. The van der Waals surface area contributed by atoms with Crippen LogP contribution in [0.15, 0.2) is 0 Å². The number of rotatable bonds is 0. The number of hydrogen-bond donors (Lipinski definition) is 2. The van der Waals surface area contributed by atoms with Gasteiger partial charge in [0.15, 0.2) is 0 Å². The van der Waals surface area contributed by atoms with Gasteiger partial charge in [0.25, 0.3) is 0 Å². The van der Waals surface area contributed by atoms with E-state index in [1.807, 2.05) is 0 Å². The molecule has 0 atom stereocenters. The summed E-state index contributed by atoms with van der Waals surface area (Å²) in [4.78, 5) is 0. The molecule has 0 aliphatic rings. The number of hydrogen-bond acceptors (Lipinski definition) is 2. The molecule has 0 fully saturated rings. The summed E-state index contributed by atoms with van der Waals surface area (Å²) >= 11 is -5.25. The molecule has 4 nitrogen and oxygen atoms in total. The normalized spacial score (nSPS) is 8.29. The van der Waals surface area contributed by atoms with Gasteiger partial charge in [-0.2, -0.15) is 0 Å². The Hall–Kier alpha value is 2.35. The van der Waals surface area contributed by atoms with E-state index in [-0.39, 0.29) is 74.7 Å². The Kier molecular flexibility index (Phi) is 14.9. The summed E-state index contributed by atoms with van der Waals surface area (Å²) in [5.41, 5.74) is 0. The van der Waals surface area contributed by atoms with E-state index in [0.717, 1.165) is 0 Å². The monoisotopic (exact) mass is 262 g/mol. The fourth-order valence-corrected chi connectivity index (χ4v) is 0. The Bertz CT molecular complexity index is 94.9. The summed E-state index contributed by atoms with van der Waals surface area (Å²) in [7, 11) is 0. The molecule has 0 amide bonds. The summed E-state index contributed by atoms with van der Waals surface area (Å²) < 4.78 is 31.9. The van der Waals surface area contributed by atoms with Gasteiger partial charge in [-0.3, -0.25) is 0 Å². The van der Waals surface area contributed by atoms with Crippen LogP contribution in [0.4, 0.5) is 0 Å². The van der Waals surface area contributed by atoms with Crippen LogP contribution in [0.1, 0.15) is 0 Å². The standard InChI is InChI=1S/Cr.Ni.2H2O.2O.Rb.H/h;;2*1H2;;;;/q+2;;;;;;;/p-2. The molecule has 0 rings (SSSR count). The van der Waals surface area contributed by atoms with Crippen LogP contribution in [-0.2, 0) is 37.7 Å². The molecule has 0 aromatic carbocycles. The van der Waals surface area contributed by atoms with E-state index in [0.29, 0.717) is 0 Å². The Morgan fingerprint density at radius 2 is 1.14 bits per heavy atom. The minimum absolute atomic E-state index is 0. The van der Waals surface area contributed by atoms with E-state index in [4.69, 9.17) is 15.9 Å². The fourth-order valence-electron chi connectivity index (χ4n) is 0. The van der Waals surface area contributed by atoms with Gasteiger partial charge in [0.05, 0.1) is 0 Å². The molecule has 0 aliphatic carbocycles. The van der Waals surface area contributed by atoms with Gasteiger partial charge in [-0.05, 0) is 0 Å². The van der Waals surface area contributed by atoms with Crippen LogP contribution >= 0.6 is 0 Å². The van der Waals surface area contributed by atoms with Gasteiger partial charge in [-0.15, -0.1) is 0 Å². The van der Waals surface area contributed by atoms with Crippen LogP contribution in [0.3, 0.4) is 0 Å². The topological polar surface area (TPSA) is 74.6 Å². The first-order chi connectivity index (χ1) is 2.00. The molecule has 7 heteroatoms. The zero-order valence-electron chi connectivity index (χ0n) is 2.44. The van der Waals surface area contributed by atoms with Crippen molar-refractivity contribution in [2.24, 2.45) is 0 Å². The molecule has 0 aromatic heterocycles. The SMILES string of the molecule is [Ni].[O]=[Cr](=[O])([OH])[OH].[RbH]. The summed E-state index contributed by atoms with van der Waals surface area (Å²) in [6, 6.07) is 0. The molecule has 0 unspecified atom stereocenters. The van der Waals surface area contributed by atoms with E-state index in [9.17, 15) is 0 Å². The van der Waals surface area contributed by atoms with Crippen molar-refractivity contribution in [2.45, 2.75) is 0 Å². The third kappa shape index (κ3) is 60.9. The average molecular weight is 263 g/mol. The van der Waals surface area contributed by atoms with Gasteiger partial charge in [0.1, 0.15) is 0 Å². The van der Waals surface area contributed by atoms with Crippen molar-refractivity contribution >= 4 is 58.2 Å². The maximum absolute atomic E-state index is 8.82. The fraction of sp³-hybridized carbons (Fsp3) is 0. The van der Waals surface area contributed by atoms with Crippen molar-refractivity contribution in [3.63, 3.8) is 0 Å². The van der Waals surface area contributed by atoms with Crippen LogP contribution in [0.5, 0.6) is 0 Å². The molecule has 0 spiro atoms. The summed E-state index contributed by atoms with van der Waals surface area (Å²) in [6.45, 7) is 0. The Morgan fingerprint density at radius 1 is 1.14 bits per heavy atom. The second-order valence-corrected chi connectivity index (χ2v) is 1.85. The Labute approximate surface area is 102 Å². The van der Waals surface area contributed by atoms with Gasteiger partial charge < -0.3 is 0 Å². The van der Waals surface area contributed by atoms with Gasteiger partial charge in [0, 0.05) is 16.5 Å². The molecule has 0 aromatic rings. The van der Waals surface area contributed by atoms with Crippen molar-refractivity contribution in [3.8, 4) is 0 Å². The molecule has 0 bridgehead atoms. The summed E-state index contributed by atoms with van der Waals surface area (Å²) in [5, 5.41) is 0. The quantitative estimate of drug-likeness (QED) is 0.495. The molecule has 7 heavy (non-hydrogen) atoms. The molecule has 44 valence electrons. The third-order valence-corrected chi connectivity index (χ3v) is 0. The average Bonchev–Trinajstić information content (AvgIpc) is 0.722. The van der Waals surface area contributed by atoms with Crippen LogP contribution in [0.2, 0.25) is 0 Å². The van der Waals surface area contributed by atoms with E-state index in [1.165, 1.54) is 0 Å². The van der Waals surface area contributed by atoms with Gasteiger partial charge >= 0.3 is 87.7 Å². The molecule has 0 aliphatic heterocycles. The first kappa shape index (κ1) is 16.2. The second kappa shape index (κ2) is 6.47. The van der Waals surface area contributed by atoms with Crippen molar-refractivity contribution < 1.29 is 46.0 Å². The first-order valence-electron chi connectivity index (χ1n) is 0.698. The van der Waals surface area contributed by atoms with Crippen LogP contribution in [-0.4, -0.2) is 66.5 Å². The molecule has 2 N–H and O–H groups in total. The van der Waals surface area contributed by atoms with E-state index >= 15 is 0 Å². The zero-order valence-corrected chi connectivity index (χ0v) is 4.70. The molecular formula is H3CrNiO4Rb. The zero-order chi connectivity index (χ0) is 4.50. The summed E-state index contributed by atoms with van der Waals surface area (Å²) in [5.74, 6) is 0. The Balaban J connectivity index is -0.0000000800. The maximum atomic E-state index is 8.82. The van der Waals surface area contributed by atoms with Crippen LogP contribution in [0.25, 0.3) is 0 Å². The van der Waals surface area contributed by atoms with Crippen molar-refractivity contribution in [1.82, 2.24) is 0 Å². The second-order valence-electron chi connectivity index (χ2n) is 0.448. The third-order valence-electron chi connectivity index (χ3n) is 0. The van der Waals surface area contributed by atoms with Gasteiger partial charge in [0.2, 0.25) is 0 Å². The van der Waals surface area contributed by atoms with Crippen LogP contribution < -0.4 is 0 Å². The van der Waals surface area contributed by atoms with Gasteiger partial charge in [-0.1, -0.05) is 0 Å². The summed E-state index contributed by atoms with van der Waals surface area (Å²) in [6.07, 6.45) is 0. The minimum atomic E-state index is -5.25. The van der Waals surface area contributed by atoms with Crippen LogP contribution in [0, 0.1) is 0 Å². The van der Waals surface area contributed by atoms with Gasteiger partial charge in [-0.25, -0.2) is 0 Å². The predicted octanol–water partition coefficient (Wildman–Crippen LogP) is -2.01. The van der Waals surface area contributed by atoms with Crippen molar-refractivity contribution in [1.29, 1.82) is 0 Å². The Morgan fingerprint density at radius 3 is 1.14 bits per heavy atom. The molecule has 0 heterocycles.